The van der Waals surface area contributed by atoms with Crippen LogP contribution >= 0.6 is 0 Å². The molecule has 1 aromatic rings. The quantitative estimate of drug-likeness (QED) is 0.874. The van der Waals surface area contributed by atoms with E-state index in [1.54, 1.807) is 6.07 Å². The van der Waals surface area contributed by atoms with Gasteiger partial charge >= 0.3 is 0 Å². The number of nitrogens with one attached hydrogen (secondary N) is 1. The van der Waals surface area contributed by atoms with Crippen molar-refractivity contribution in [3.63, 3.8) is 0 Å². The van der Waals surface area contributed by atoms with E-state index in [9.17, 15) is 4.79 Å². The molecule has 1 aliphatic rings. The Bertz CT molecular complexity index is 468. The molecular weight excluding hydrogens is 242 g/mol. The predicted molar refractivity (Wildman–Crippen MR) is 73.6 cm³/mol. The minimum atomic E-state index is -0.209. The smallest absolute Gasteiger partial charge is 0.255 e. The van der Waals surface area contributed by atoms with Gasteiger partial charge in [0, 0.05) is 11.5 Å². The summed E-state index contributed by atoms with van der Waals surface area (Å²) in [7, 11) is 0. The van der Waals surface area contributed by atoms with Crippen molar-refractivity contribution in [3.05, 3.63) is 29.3 Å². The third-order valence-corrected chi connectivity index (χ3v) is 3.84. The van der Waals surface area contributed by atoms with E-state index in [1.165, 1.54) is 0 Å². The number of para-hydroxylation sites is 1. The molecular formula is C15H21NO3. The standard InChI is InChI=1S/C15H21NO3/c1-4-11(8-17)16-15(18)13-7-5-6-12-9(2)10(3)19-14(12)13/h5-7,9-11,17H,4,8H2,1-3H3,(H,16,18)/t9?,10?,11-/m1/s1. The molecule has 0 aliphatic carbocycles. The van der Waals surface area contributed by atoms with E-state index in [-0.39, 0.29) is 24.7 Å². The summed E-state index contributed by atoms with van der Waals surface area (Å²) in [5.41, 5.74) is 1.64. The number of rotatable bonds is 4. The van der Waals surface area contributed by atoms with Crippen LogP contribution in [0.15, 0.2) is 18.2 Å². The highest BCUT2D eigenvalue weighted by atomic mass is 16.5. The number of fused-ring (bicyclic) bond motifs is 1. The normalized spacial score (nSPS) is 22.5. The van der Waals surface area contributed by atoms with Gasteiger partial charge in [-0.05, 0) is 19.4 Å². The van der Waals surface area contributed by atoms with Gasteiger partial charge < -0.3 is 15.2 Å². The van der Waals surface area contributed by atoms with E-state index in [0.29, 0.717) is 23.7 Å². The van der Waals surface area contributed by atoms with Crippen molar-refractivity contribution in [2.45, 2.75) is 45.3 Å². The Morgan fingerprint density at radius 1 is 1.47 bits per heavy atom. The molecule has 1 aliphatic heterocycles. The molecule has 104 valence electrons. The van der Waals surface area contributed by atoms with Gasteiger partial charge in [-0.3, -0.25) is 4.79 Å². The minimum Gasteiger partial charge on any atom is -0.489 e. The van der Waals surface area contributed by atoms with Crippen LogP contribution in [0.1, 0.15) is 49.0 Å². The van der Waals surface area contributed by atoms with Gasteiger partial charge in [0.05, 0.1) is 18.2 Å². The Kier molecular flexibility index (Phi) is 4.10. The SMILES string of the molecule is CC[C@H](CO)NC(=O)c1cccc2c1OC(C)C2C. The molecule has 0 radical (unpaired) electrons. The summed E-state index contributed by atoms with van der Waals surface area (Å²) in [6, 6.07) is 5.44. The number of hydrogen-bond donors (Lipinski definition) is 2. The second-order valence-electron chi connectivity index (χ2n) is 5.10. The lowest BCUT2D eigenvalue weighted by Gasteiger charge is -2.15. The first-order chi connectivity index (χ1) is 9.08. The zero-order valence-corrected chi connectivity index (χ0v) is 11.6. The first kappa shape index (κ1) is 13.9. The minimum absolute atomic E-state index is 0.0507. The van der Waals surface area contributed by atoms with Crippen LogP contribution in [-0.2, 0) is 0 Å². The van der Waals surface area contributed by atoms with Gasteiger partial charge in [0.15, 0.2) is 0 Å². The van der Waals surface area contributed by atoms with Gasteiger partial charge in [0.25, 0.3) is 5.91 Å². The van der Waals surface area contributed by atoms with Gasteiger partial charge in [-0.25, -0.2) is 0 Å². The van der Waals surface area contributed by atoms with E-state index in [0.717, 1.165) is 5.56 Å². The van der Waals surface area contributed by atoms with Crippen LogP contribution in [0.3, 0.4) is 0 Å². The van der Waals surface area contributed by atoms with E-state index < -0.39 is 0 Å². The Hall–Kier alpha value is -1.55. The van der Waals surface area contributed by atoms with Gasteiger partial charge in [0.1, 0.15) is 11.9 Å². The fourth-order valence-electron chi connectivity index (χ4n) is 2.30. The molecule has 0 aromatic heterocycles. The maximum atomic E-state index is 12.2. The summed E-state index contributed by atoms with van der Waals surface area (Å²) in [6.07, 6.45) is 0.786. The molecule has 0 spiro atoms. The highest BCUT2D eigenvalue weighted by Crippen LogP contribution is 2.40. The fraction of sp³-hybridized carbons (Fsp3) is 0.533. The largest absolute Gasteiger partial charge is 0.489 e. The average Bonchev–Trinajstić information content (AvgIpc) is 2.71. The van der Waals surface area contributed by atoms with E-state index in [4.69, 9.17) is 9.84 Å². The van der Waals surface area contributed by atoms with Gasteiger partial charge in [-0.15, -0.1) is 0 Å². The second kappa shape index (κ2) is 5.61. The molecule has 2 unspecified atom stereocenters. The lowest BCUT2D eigenvalue weighted by atomic mass is 9.96. The Labute approximate surface area is 113 Å². The fourth-order valence-corrected chi connectivity index (χ4v) is 2.30. The van der Waals surface area contributed by atoms with Crippen molar-refractivity contribution in [1.29, 1.82) is 0 Å². The summed E-state index contributed by atoms with van der Waals surface area (Å²) < 4.78 is 5.80. The summed E-state index contributed by atoms with van der Waals surface area (Å²) in [4.78, 5) is 12.2. The number of amides is 1. The zero-order chi connectivity index (χ0) is 14.0. The van der Waals surface area contributed by atoms with E-state index in [1.807, 2.05) is 26.0 Å². The number of hydrogen-bond acceptors (Lipinski definition) is 3. The van der Waals surface area contributed by atoms with Gasteiger partial charge in [-0.2, -0.15) is 0 Å². The number of benzene rings is 1. The van der Waals surface area contributed by atoms with E-state index in [2.05, 4.69) is 12.2 Å². The van der Waals surface area contributed by atoms with Crippen LogP contribution in [0.25, 0.3) is 0 Å². The van der Waals surface area contributed by atoms with Crippen molar-refractivity contribution < 1.29 is 14.6 Å². The first-order valence-corrected chi connectivity index (χ1v) is 6.79. The molecule has 0 saturated carbocycles. The number of carbonyl (C=O) groups is 1. The molecule has 4 heteroatoms. The zero-order valence-electron chi connectivity index (χ0n) is 11.6. The summed E-state index contributed by atoms with van der Waals surface area (Å²) in [5.74, 6) is 0.800. The molecule has 1 heterocycles. The highest BCUT2D eigenvalue weighted by molar-refractivity contribution is 5.97. The number of aliphatic hydroxyl groups excluding tert-OH is 1. The Morgan fingerprint density at radius 2 is 2.21 bits per heavy atom. The molecule has 19 heavy (non-hydrogen) atoms. The van der Waals surface area contributed by atoms with Crippen molar-refractivity contribution in [2.24, 2.45) is 0 Å². The van der Waals surface area contributed by atoms with Crippen LogP contribution in [-0.4, -0.2) is 29.8 Å². The maximum Gasteiger partial charge on any atom is 0.255 e. The topological polar surface area (TPSA) is 58.6 Å². The van der Waals surface area contributed by atoms with Gasteiger partial charge in [0.2, 0.25) is 0 Å². The molecule has 0 fully saturated rings. The highest BCUT2D eigenvalue weighted by Gasteiger charge is 2.31. The lowest BCUT2D eigenvalue weighted by Crippen LogP contribution is -2.37. The second-order valence-corrected chi connectivity index (χ2v) is 5.10. The van der Waals surface area contributed by atoms with Crippen LogP contribution in [0.5, 0.6) is 5.75 Å². The van der Waals surface area contributed by atoms with Gasteiger partial charge in [-0.1, -0.05) is 26.0 Å². The van der Waals surface area contributed by atoms with Crippen molar-refractivity contribution in [1.82, 2.24) is 5.32 Å². The first-order valence-electron chi connectivity index (χ1n) is 6.79. The summed E-state index contributed by atoms with van der Waals surface area (Å²) >= 11 is 0. The van der Waals surface area contributed by atoms with Crippen LogP contribution in [0, 0.1) is 0 Å². The maximum absolute atomic E-state index is 12.2. The van der Waals surface area contributed by atoms with Crippen molar-refractivity contribution in [2.75, 3.05) is 6.61 Å². The molecule has 1 aromatic carbocycles. The Morgan fingerprint density at radius 3 is 2.84 bits per heavy atom. The average molecular weight is 263 g/mol. The van der Waals surface area contributed by atoms with Crippen LogP contribution < -0.4 is 10.1 Å². The molecule has 4 nitrogen and oxygen atoms in total. The summed E-state index contributed by atoms with van der Waals surface area (Å²) in [6.45, 7) is 5.98. The van der Waals surface area contributed by atoms with Crippen molar-refractivity contribution >= 4 is 5.91 Å². The molecule has 0 bridgehead atoms. The predicted octanol–water partition coefficient (Wildman–Crippen LogP) is 2.07. The number of aliphatic hydroxyl groups is 1. The van der Waals surface area contributed by atoms with Crippen LogP contribution in [0.4, 0.5) is 0 Å². The molecule has 2 N–H and O–H groups in total. The van der Waals surface area contributed by atoms with Crippen molar-refractivity contribution in [3.8, 4) is 5.75 Å². The third-order valence-electron chi connectivity index (χ3n) is 3.84. The number of carbonyl (C=O) groups excluding carboxylic acids is 1. The summed E-state index contributed by atoms with van der Waals surface area (Å²) in [5, 5.41) is 12.0. The molecule has 1 amide bonds. The molecule has 0 saturated heterocycles. The number of ether oxygens (including phenoxy) is 1. The third kappa shape index (κ3) is 2.59. The monoisotopic (exact) mass is 263 g/mol. The Balaban J connectivity index is 2.25. The molecule has 3 atom stereocenters. The lowest BCUT2D eigenvalue weighted by molar-refractivity contribution is 0.0910. The van der Waals surface area contributed by atoms with Crippen LogP contribution in [0.2, 0.25) is 0 Å². The van der Waals surface area contributed by atoms with E-state index >= 15 is 0 Å². The molecule has 2 rings (SSSR count).